The number of aryl methyl sites for hydroxylation is 2. The summed E-state index contributed by atoms with van der Waals surface area (Å²) in [5.41, 5.74) is 4.41. The molecule has 150 valence electrons. The van der Waals surface area contributed by atoms with Crippen molar-refractivity contribution in [3.63, 3.8) is 0 Å². The highest BCUT2D eigenvalue weighted by Crippen LogP contribution is 2.21. The van der Waals surface area contributed by atoms with Crippen LogP contribution < -0.4 is 15.8 Å². The third-order valence-electron chi connectivity index (χ3n) is 5.53. The Morgan fingerprint density at radius 2 is 1.69 bits per heavy atom. The molecular weight excluding hydrogens is 364 g/mol. The van der Waals surface area contributed by atoms with E-state index in [1.807, 2.05) is 50.2 Å². The first-order chi connectivity index (χ1) is 13.9. The van der Waals surface area contributed by atoms with Gasteiger partial charge in [0.05, 0.1) is 5.52 Å². The number of nitrogens with zero attached hydrogens (tertiary/aromatic N) is 2. The van der Waals surface area contributed by atoms with E-state index in [0.29, 0.717) is 5.69 Å². The van der Waals surface area contributed by atoms with Crippen LogP contribution in [0.4, 0.5) is 11.4 Å². The van der Waals surface area contributed by atoms with Crippen molar-refractivity contribution in [2.45, 2.75) is 13.8 Å². The maximum Gasteiger partial charge on any atom is 0.261 e. The van der Waals surface area contributed by atoms with Crippen molar-refractivity contribution in [1.82, 2.24) is 9.88 Å². The molecule has 1 aromatic heterocycles. The molecule has 0 spiro atoms. The van der Waals surface area contributed by atoms with Crippen molar-refractivity contribution in [3.8, 4) is 0 Å². The zero-order valence-corrected chi connectivity index (χ0v) is 17.1. The second-order valence-corrected chi connectivity index (χ2v) is 7.85. The fourth-order valence-corrected chi connectivity index (χ4v) is 3.87. The lowest BCUT2D eigenvalue weighted by molar-refractivity contribution is 0.102. The number of carbonyl (C=O) groups excluding carboxylic acids is 1. The molecule has 0 radical (unpaired) electrons. The van der Waals surface area contributed by atoms with Crippen LogP contribution in [0, 0.1) is 13.8 Å². The van der Waals surface area contributed by atoms with Gasteiger partial charge in [-0.15, -0.1) is 0 Å². The van der Waals surface area contributed by atoms with Gasteiger partial charge in [-0.1, -0.05) is 11.6 Å². The lowest BCUT2D eigenvalue weighted by Gasteiger charge is -2.34. The Balaban J connectivity index is 1.53. The Labute approximate surface area is 170 Å². The van der Waals surface area contributed by atoms with Crippen LogP contribution in [0.3, 0.4) is 0 Å². The quantitative estimate of drug-likeness (QED) is 0.721. The van der Waals surface area contributed by atoms with Crippen LogP contribution in [0.1, 0.15) is 21.5 Å². The fourth-order valence-electron chi connectivity index (χ4n) is 3.87. The van der Waals surface area contributed by atoms with Crippen LogP contribution in [0.15, 0.2) is 47.3 Å². The van der Waals surface area contributed by atoms with Crippen LogP contribution in [-0.4, -0.2) is 49.0 Å². The van der Waals surface area contributed by atoms with Crippen molar-refractivity contribution in [2.75, 3.05) is 43.4 Å². The third kappa shape index (κ3) is 4.03. The zero-order chi connectivity index (χ0) is 20.5. The van der Waals surface area contributed by atoms with E-state index in [-0.39, 0.29) is 11.1 Å². The molecule has 1 aliphatic heterocycles. The number of nitrogens with one attached hydrogen (secondary N) is 2. The van der Waals surface area contributed by atoms with Crippen LogP contribution in [0.25, 0.3) is 10.9 Å². The van der Waals surface area contributed by atoms with E-state index in [9.17, 15) is 9.59 Å². The number of fused-ring (bicyclic) bond motifs is 1. The molecule has 2 aromatic carbocycles. The summed E-state index contributed by atoms with van der Waals surface area (Å²) in [4.78, 5) is 32.7. The van der Waals surface area contributed by atoms with E-state index in [2.05, 4.69) is 27.1 Å². The lowest BCUT2D eigenvalue weighted by Crippen LogP contribution is -2.44. The van der Waals surface area contributed by atoms with Crippen LogP contribution in [0.2, 0.25) is 0 Å². The molecule has 3 aromatic rings. The Morgan fingerprint density at radius 1 is 1.00 bits per heavy atom. The second kappa shape index (κ2) is 7.72. The first kappa shape index (κ1) is 19.2. The first-order valence-corrected chi connectivity index (χ1v) is 9.90. The number of aromatic nitrogens is 1. The van der Waals surface area contributed by atoms with Crippen LogP contribution in [0.5, 0.6) is 0 Å². The molecule has 0 saturated carbocycles. The number of hydrogen-bond acceptors (Lipinski definition) is 4. The molecule has 2 N–H and O–H groups in total. The van der Waals surface area contributed by atoms with Crippen molar-refractivity contribution in [2.24, 2.45) is 0 Å². The normalized spacial score (nSPS) is 14.9. The van der Waals surface area contributed by atoms with Crippen LogP contribution in [-0.2, 0) is 0 Å². The minimum atomic E-state index is -0.403. The van der Waals surface area contributed by atoms with Crippen LogP contribution >= 0.6 is 0 Å². The number of amides is 1. The summed E-state index contributed by atoms with van der Waals surface area (Å²) in [6, 6.07) is 13.4. The summed E-state index contributed by atoms with van der Waals surface area (Å²) >= 11 is 0. The monoisotopic (exact) mass is 390 g/mol. The van der Waals surface area contributed by atoms with Crippen molar-refractivity contribution in [1.29, 1.82) is 0 Å². The number of carbonyl (C=O) groups is 1. The number of H-pyrrole nitrogens is 1. The van der Waals surface area contributed by atoms with Gasteiger partial charge in [0.2, 0.25) is 0 Å². The number of aromatic amines is 1. The minimum Gasteiger partial charge on any atom is -0.369 e. The summed E-state index contributed by atoms with van der Waals surface area (Å²) in [7, 11) is 2.13. The van der Waals surface area contributed by atoms with Gasteiger partial charge in [0, 0.05) is 37.6 Å². The maximum absolute atomic E-state index is 12.7. The average Bonchev–Trinajstić information content (AvgIpc) is 2.69. The molecule has 0 atom stereocenters. The van der Waals surface area contributed by atoms with Crippen molar-refractivity contribution >= 4 is 28.2 Å². The molecule has 1 aliphatic rings. The van der Waals surface area contributed by atoms with Gasteiger partial charge in [-0.3, -0.25) is 9.59 Å². The Bertz CT molecular complexity index is 1110. The van der Waals surface area contributed by atoms with E-state index >= 15 is 0 Å². The van der Waals surface area contributed by atoms with Gasteiger partial charge < -0.3 is 20.1 Å². The molecule has 6 heteroatoms. The molecule has 1 amide bonds. The molecule has 0 bridgehead atoms. The van der Waals surface area contributed by atoms with E-state index < -0.39 is 5.91 Å². The third-order valence-corrected chi connectivity index (χ3v) is 5.53. The molecule has 1 saturated heterocycles. The predicted octanol–water partition coefficient (Wildman–Crippen LogP) is 3.15. The van der Waals surface area contributed by atoms with Gasteiger partial charge in [-0.05, 0) is 68.2 Å². The number of anilines is 2. The number of pyridine rings is 1. The molecule has 4 rings (SSSR count). The molecular formula is C23H26N4O2. The summed E-state index contributed by atoms with van der Waals surface area (Å²) in [5.74, 6) is -0.403. The Hall–Kier alpha value is -3.12. The van der Waals surface area contributed by atoms with Gasteiger partial charge in [-0.25, -0.2) is 0 Å². The second-order valence-electron chi connectivity index (χ2n) is 7.85. The van der Waals surface area contributed by atoms with E-state index in [1.165, 1.54) is 0 Å². The van der Waals surface area contributed by atoms with E-state index in [0.717, 1.165) is 53.9 Å². The largest absolute Gasteiger partial charge is 0.369 e. The number of likely N-dealkylation sites (N-methyl/N-ethyl adjacent to an activating group) is 1. The van der Waals surface area contributed by atoms with Gasteiger partial charge in [-0.2, -0.15) is 0 Å². The average molecular weight is 390 g/mol. The smallest absolute Gasteiger partial charge is 0.261 e. The summed E-state index contributed by atoms with van der Waals surface area (Å²) in [6.07, 6.45) is 0. The predicted molar refractivity (Wildman–Crippen MR) is 118 cm³/mol. The highest BCUT2D eigenvalue weighted by Gasteiger charge is 2.16. The Kier molecular flexibility index (Phi) is 5.11. The van der Waals surface area contributed by atoms with Gasteiger partial charge in [0.15, 0.2) is 0 Å². The van der Waals surface area contributed by atoms with E-state index in [1.54, 1.807) is 6.07 Å². The topological polar surface area (TPSA) is 68.4 Å². The first-order valence-electron chi connectivity index (χ1n) is 9.90. The maximum atomic E-state index is 12.7. The van der Waals surface area contributed by atoms with Gasteiger partial charge in [0.1, 0.15) is 5.56 Å². The number of piperazine rings is 1. The minimum absolute atomic E-state index is 0.116. The van der Waals surface area contributed by atoms with Crippen molar-refractivity contribution < 1.29 is 4.79 Å². The summed E-state index contributed by atoms with van der Waals surface area (Å²) in [6.45, 7) is 8.03. The van der Waals surface area contributed by atoms with Gasteiger partial charge >= 0.3 is 0 Å². The number of rotatable bonds is 3. The molecule has 29 heavy (non-hydrogen) atoms. The van der Waals surface area contributed by atoms with Crippen molar-refractivity contribution in [3.05, 3.63) is 69.5 Å². The molecule has 6 nitrogen and oxygen atoms in total. The molecule has 2 heterocycles. The molecule has 0 unspecified atom stereocenters. The zero-order valence-electron chi connectivity index (χ0n) is 17.1. The highest BCUT2D eigenvalue weighted by molar-refractivity contribution is 6.06. The number of benzene rings is 2. The molecule has 0 aliphatic carbocycles. The molecule has 1 fully saturated rings. The summed E-state index contributed by atoms with van der Waals surface area (Å²) in [5, 5.41) is 3.70. The van der Waals surface area contributed by atoms with Gasteiger partial charge in [0.25, 0.3) is 11.5 Å². The standard InChI is InChI=1S/C23H26N4O2/c1-15-12-16(2)21-17(13-15)14-20(23(29)25-21)22(28)24-18-4-6-19(7-5-18)27-10-8-26(3)9-11-27/h4-7,12-14H,8-11H2,1-3H3,(H,24,28)(H,25,29). The lowest BCUT2D eigenvalue weighted by atomic mass is 10.1. The number of hydrogen-bond donors (Lipinski definition) is 2. The Morgan fingerprint density at radius 3 is 2.38 bits per heavy atom. The summed E-state index contributed by atoms with van der Waals surface area (Å²) < 4.78 is 0. The van der Waals surface area contributed by atoms with E-state index in [4.69, 9.17) is 0 Å². The highest BCUT2D eigenvalue weighted by atomic mass is 16.2. The fraction of sp³-hybridized carbons (Fsp3) is 0.304. The SMILES string of the molecule is Cc1cc(C)c2[nH]c(=O)c(C(=O)Nc3ccc(N4CCN(C)CC4)cc3)cc2c1.